The molecule has 0 N–H and O–H groups in total. The molecule has 0 saturated heterocycles. The van der Waals surface area contributed by atoms with Crippen LogP contribution in [0.15, 0.2) is 60.7 Å². The van der Waals surface area contributed by atoms with Crippen molar-refractivity contribution < 1.29 is 9.53 Å². The van der Waals surface area contributed by atoms with E-state index >= 15 is 0 Å². The van der Waals surface area contributed by atoms with Gasteiger partial charge in [-0.2, -0.15) is 0 Å². The van der Waals surface area contributed by atoms with Gasteiger partial charge in [0.25, 0.3) is 0 Å². The minimum Gasteiger partial charge on any atom is -0.456 e. The van der Waals surface area contributed by atoms with Gasteiger partial charge in [-0.1, -0.05) is 81.4 Å². The van der Waals surface area contributed by atoms with Crippen molar-refractivity contribution in [3.63, 3.8) is 0 Å². The third-order valence-corrected chi connectivity index (χ3v) is 3.78. The van der Waals surface area contributed by atoms with Gasteiger partial charge in [0.1, 0.15) is 6.10 Å². The van der Waals surface area contributed by atoms with E-state index in [1.807, 2.05) is 67.6 Å². The number of rotatable bonds is 4. The molecule has 0 saturated carbocycles. The lowest BCUT2D eigenvalue weighted by Crippen LogP contribution is -2.26. The van der Waals surface area contributed by atoms with E-state index in [1.54, 1.807) is 0 Å². The second-order valence-electron chi connectivity index (χ2n) is 6.73. The van der Waals surface area contributed by atoms with Crippen LogP contribution >= 0.6 is 0 Å². The zero-order chi connectivity index (χ0) is 16.2. The third-order valence-electron chi connectivity index (χ3n) is 3.78. The molecule has 0 amide bonds. The molecule has 0 aromatic heterocycles. The van der Waals surface area contributed by atoms with Gasteiger partial charge in [-0.05, 0) is 18.1 Å². The molecule has 2 aromatic carbocycles. The van der Waals surface area contributed by atoms with Crippen molar-refractivity contribution in [1.29, 1.82) is 0 Å². The van der Waals surface area contributed by atoms with Crippen LogP contribution < -0.4 is 0 Å². The molecule has 2 heteroatoms. The minimum atomic E-state index is -0.269. The van der Waals surface area contributed by atoms with Gasteiger partial charge in [0.15, 0.2) is 0 Å². The van der Waals surface area contributed by atoms with Crippen molar-refractivity contribution in [1.82, 2.24) is 0 Å². The summed E-state index contributed by atoms with van der Waals surface area (Å²) >= 11 is 0. The zero-order valence-electron chi connectivity index (χ0n) is 13.7. The second-order valence-corrected chi connectivity index (χ2v) is 6.73. The lowest BCUT2D eigenvalue weighted by atomic mass is 9.84. The van der Waals surface area contributed by atoms with Gasteiger partial charge >= 0.3 is 5.97 Å². The quantitative estimate of drug-likeness (QED) is 0.732. The molecule has 0 aliphatic heterocycles. The van der Waals surface area contributed by atoms with Crippen molar-refractivity contribution in [2.75, 3.05) is 0 Å². The summed E-state index contributed by atoms with van der Waals surface area (Å²) < 4.78 is 5.88. The van der Waals surface area contributed by atoms with Gasteiger partial charge in [0, 0.05) is 5.41 Å². The van der Waals surface area contributed by atoms with E-state index in [0.717, 1.165) is 11.1 Å². The van der Waals surface area contributed by atoms with Gasteiger partial charge in [0.2, 0.25) is 0 Å². The Kier molecular flexibility index (Phi) is 5.02. The zero-order valence-corrected chi connectivity index (χ0v) is 13.7. The Morgan fingerprint density at radius 2 is 1.32 bits per heavy atom. The first kappa shape index (κ1) is 16.3. The summed E-state index contributed by atoms with van der Waals surface area (Å²) in [6.07, 6.45) is -0.257. The average Bonchev–Trinajstić information content (AvgIpc) is 2.52. The maximum absolute atomic E-state index is 12.6. The summed E-state index contributed by atoms with van der Waals surface area (Å²) in [5, 5.41) is 0. The summed E-state index contributed by atoms with van der Waals surface area (Å²) in [4.78, 5) is 12.6. The maximum atomic E-state index is 12.6. The molecule has 2 atom stereocenters. The van der Waals surface area contributed by atoms with Crippen LogP contribution in [0.25, 0.3) is 0 Å². The number of esters is 1. The summed E-state index contributed by atoms with van der Waals surface area (Å²) in [6.45, 7) is 8.16. The highest BCUT2D eigenvalue weighted by atomic mass is 16.5. The monoisotopic (exact) mass is 296 g/mol. The van der Waals surface area contributed by atoms with E-state index in [0.29, 0.717) is 0 Å². The second kappa shape index (κ2) is 6.78. The SMILES string of the molecule is CC(C(=O)OC(c1ccccc1)C(C)(C)C)c1ccccc1. The Balaban J connectivity index is 2.19. The molecule has 0 fully saturated rings. The van der Waals surface area contributed by atoms with Crippen LogP contribution in [-0.4, -0.2) is 5.97 Å². The molecule has 0 spiro atoms. The van der Waals surface area contributed by atoms with Crippen molar-refractivity contribution in [3.8, 4) is 0 Å². The van der Waals surface area contributed by atoms with E-state index in [9.17, 15) is 4.79 Å². The standard InChI is InChI=1S/C20H24O2/c1-15(16-11-7-5-8-12-16)19(21)22-18(20(2,3)4)17-13-9-6-10-14-17/h5-15,18H,1-4H3. The molecule has 22 heavy (non-hydrogen) atoms. The predicted molar refractivity (Wildman–Crippen MR) is 89.6 cm³/mol. The van der Waals surface area contributed by atoms with E-state index in [1.165, 1.54) is 0 Å². The molecular weight excluding hydrogens is 272 g/mol. The topological polar surface area (TPSA) is 26.3 Å². The van der Waals surface area contributed by atoms with E-state index < -0.39 is 0 Å². The van der Waals surface area contributed by atoms with Crippen LogP contribution in [0.4, 0.5) is 0 Å². The molecule has 2 aromatic rings. The molecule has 2 unspecified atom stereocenters. The van der Waals surface area contributed by atoms with Gasteiger partial charge in [0.05, 0.1) is 5.92 Å². The Hall–Kier alpha value is -2.09. The Morgan fingerprint density at radius 1 is 0.864 bits per heavy atom. The lowest BCUT2D eigenvalue weighted by Gasteiger charge is -2.31. The highest BCUT2D eigenvalue weighted by molar-refractivity contribution is 5.78. The highest BCUT2D eigenvalue weighted by Gasteiger charge is 2.31. The smallest absolute Gasteiger partial charge is 0.313 e. The Morgan fingerprint density at radius 3 is 1.77 bits per heavy atom. The molecule has 0 radical (unpaired) electrons. The van der Waals surface area contributed by atoms with Crippen LogP contribution in [0, 0.1) is 5.41 Å². The van der Waals surface area contributed by atoms with Gasteiger partial charge < -0.3 is 4.74 Å². The Bertz CT molecular complexity index is 597. The Labute approximate surface area is 133 Å². The normalized spacial score (nSPS) is 14.2. The number of hydrogen-bond acceptors (Lipinski definition) is 2. The maximum Gasteiger partial charge on any atom is 0.313 e. The average molecular weight is 296 g/mol. The molecule has 0 aliphatic carbocycles. The van der Waals surface area contributed by atoms with Gasteiger partial charge in [-0.25, -0.2) is 0 Å². The fraction of sp³-hybridized carbons (Fsp3) is 0.350. The molecular formula is C20H24O2. The molecule has 2 nitrogen and oxygen atoms in total. The van der Waals surface area contributed by atoms with Crippen molar-refractivity contribution in [2.45, 2.75) is 39.7 Å². The summed E-state index contributed by atoms with van der Waals surface area (Å²) in [6, 6.07) is 19.7. The van der Waals surface area contributed by atoms with Crippen LogP contribution in [0.3, 0.4) is 0 Å². The van der Waals surface area contributed by atoms with E-state index in [4.69, 9.17) is 4.74 Å². The first-order valence-electron chi connectivity index (χ1n) is 7.70. The predicted octanol–water partition coefficient (Wildman–Crippen LogP) is 5.12. The number of ether oxygens (including phenoxy) is 1. The number of benzene rings is 2. The molecule has 2 rings (SSSR count). The minimum absolute atomic E-state index is 0.159. The first-order valence-corrected chi connectivity index (χ1v) is 7.70. The van der Waals surface area contributed by atoms with E-state index in [-0.39, 0.29) is 23.4 Å². The highest BCUT2D eigenvalue weighted by Crippen LogP contribution is 2.37. The van der Waals surface area contributed by atoms with Crippen molar-refractivity contribution in [3.05, 3.63) is 71.8 Å². The third kappa shape index (κ3) is 3.97. The molecule has 0 heterocycles. The van der Waals surface area contributed by atoms with Gasteiger partial charge in [-0.15, -0.1) is 0 Å². The van der Waals surface area contributed by atoms with E-state index in [2.05, 4.69) is 20.8 Å². The molecule has 0 aliphatic rings. The number of hydrogen-bond donors (Lipinski definition) is 0. The van der Waals surface area contributed by atoms with Crippen LogP contribution in [-0.2, 0) is 9.53 Å². The van der Waals surface area contributed by atoms with Crippen LogP contribution in [0.1, 0.15) is 50.8 Å². The molecule has 0 bridgehead atoms. The number of carbonyl (C=O) groups is 1. The molecule has 116 valence electrons. The fourth-order valence-corrected chi connectivity index (χ4v) is 2.47. The summed E-state index contributed by atoms with van der Waals surface area (Å²) in [5.41, 5.74) is 1.85. The lowest BCUT2D eigenvalue weighted by molar-refractivity contribution is -0.156. The summed E-state index contributed by atoms with van der Waals surface area (Å²) in [7, 11) is 0. The number of carbonyl (C=O) groups excluding carboxylic acids is 1. The largest absolute Gasteiger partial charge is 0.456 e. The van der Waals surface area contributed by atoms with Crippen molar-refractivity contribution >= 4 is 5.97 Å². The van der Waals surface area contributed by atoms with Crippen LogP contribution in [0.2, 0.25) is 0 Å². The first-order chi connectivity index (χ1) is 10.4. The van der Waals surface area contributed by atoms with Crippen LogP contribution in [0.5, 0.6) is 0 Å². The fourth-order valence-electron chi connectivity index (χ4n) is 2.47. The summed E-state index contributed by atoms with van der Waals surface area (Å²) in [5.74, 6) is -0.454. The van der Waals surface area contributed by atoms with Crippen molar-refractivity contribution in [2.24, 2.45) is 5.41 Å². The van der Waals surface area contributed by atoms with Gasteiger partial charge in [-0.3, -0.25) is 4.79 Å².